The lowest BCUT2D eigenvalue weighted by molar-refractivity contribution is -0.134. The van der Waals surface area contributed by atoms with E-state index in [-0.39, 0.29) is 24.7 Å². The third-order valence-corrected chi connectivity index (χ3v) is 3.74. The summed E-state index contributed by atoms with van der Waals surface area (Å²) in [5.41, 5.74) is 0. The lowest BCUT2D eigenvalue weighted by Crippen LogP contribution is -2.39. The average Bonchev–Trinajstić information content (AvgIpc) is 2.85. The second kappa shape index (κ2) is 6.95. The highest BCUT2D eigenvalue weighted by Crippen LogP contribution is 2.22. The number of nitrogens with zero attached hydrogens (tertiary/aromatic N) is 1. The maximum atomic E-state index is 12.2. The fourth-order valence-corrected chi connectivity index (χ4v) is 2.69. The van der Waals surface area contributed by atoms with E-state index in [1.54, 1.807) is 31.2 Å². The molecular formula is C15H20ClNO3. The second-order valence-electron chi connectivity index (χ2n) is 5.21. The van der Waals surface area contributed by atoms with Crippen LogP contribution in [0, 0.1) is 0 Å². The molecule has 1 aliphatic heterocycles. The Labute approximate surface area is 124 Å². The van der Waals surface area contributed by atoms with E-state index in [0.717, 1.165) is 19.4 Å². The molecule has 1 aromatic rings. The van der Waals surface area contributed by atoms with Gasteiger partial charge in [0, 0.05) is 17.6 Å². The maximum absolute atomic E-state index is 12.2. The molecule has 0 radical (unpaired) electrons. The molecule has 4 nitrogen and oxygen atoms in total. The van der Waals surface area contributed by atoms with Crippen LogP contribution in [0.4, 0.5) is 0 Å². The van der Waals surface area contributed by atoms with E-state index < -0.39 is 0 Å². The van der Waals surface area contributed by atoms with Gasteiger partial charge in [-0.05, 0) is 50.5 Å². The van der Waals surface area contributed by atoms with E-state index in [2.05, 4.69) is 0 Å². The lowest BCUT2D eigenvalue weighted by atomic mass is 10.1. The number of carbonyl (C=O) groups excluding carboxylic acids is 1. The molecular weight excluding hydrogens is 278 g/mol. The fourth-order valence-electron chi connectivity index (χ4n) is 2.56. The van der Waals surface area contributed by atoms with Crippen molar-refractivity contribution in [3.8, 4) is 5.75 Å². The number of aliphatic hydroxyl groups excluding tert-OH is 1. The molecule has 110 valence electrons. The number of aliphatic hydroxyl groups is 1. The molecule has 2 rings (SSSR count). The number of likely N-dealkylation sites (tertiary alicyclic amines) is 1. The third kappa shape index (κ3) is 4.12. The summed E-state index contributed by atoms with van der Waals surface area (Å²) in [7, 11) is 0. The Bertz CT molecular complexity index is 447. The highest BCUT2D eigenvalue weighted by molar-refractivity contribution is 6.30. The Hall–Kier alpha value is -1.26. The zero-order valence-corrected chi connectivity index (χ0v) is 12.3. The number of amides is 1. The van der Waals surface area contributed by atoms with Crippen molar-refractivity contribution in [1.29, 1.82) is 0 Å². The number of benzene rings is 1. The third-order valence-electron chi connectivity index (χ3n) is 3.49. The van der Waals surface area contributed by atoms with Crippen LogP contribution in [0.3, 0.4) is 0 Å². The van der Waals surface area contributed by atoms with Crippen LogP contribution in [0.1, 0.15) is 26.2 Å². The van der Waals surface area contributed by atoms with Crippen molar-refractivity contribution >= 4 is 17.5 Å². The summed E-state index contributed by atoms with van der Waals surface area (Å²) in [6.45, 7) is 2.53. The second-order valence-corrected chi connectivity index (χ2v) is 5.65. The zero-order valence-electron chi connectivity index (χ0n) is 11.6. The molecule has 1 aliphatic rings. The van der Waals surface area contributed by atoms with Crippen LogP contribution >= 0.6 is 11.6 Å². The Balaban J connectivity index is 1.86. The molecule has 1 fully saturated rings. The molecule has 1 amide bonds. The number of carbonyl (C=O) groups is 1. The van der Waals surface area contributed by atoms with Crippen LogP contribution < -0.4 is 4.74 Å². The lowest BCUT2D eigenvalue weighted by Gasteiger charge is -2.25. The van der Waals surface area contributed by atoms with Crippen LogP contribution in [0.15, 0.2) is 24.3 Å². The van der Waals surface area contributed by atoms with Crippen molar-refractivity contribution in [2.24, 2.45) is 0 Å². The molecule has 1 aromatic carbocycles. The molecule has 2 atom stereocenters. The molecule has 1 N–H and O–H groups in total. The van der Waals surface area contributed by atoms with Gasteiger partial charge in [-0.25, -0.2) is 0 Å². The monoisotopic (exact) mass is 297 g/mol. The van der Waals surface area contributed by atoms with Gasteiger partial charge in [-0.3, -0.25) is 4.79 Å². The summed E-state index contributed by atoms with van der Waals surface area (Å²) in [5, 5.41) is 10.1. The highest BCUT2D eigenvalue weighted by atomic mass is 35.5. The summed E-state index contributed by atoms with van der Waals surface area (Å²) in [4.78, 5) is 14.0. The highest BCUT2D eigenvalue weighted by Gasteiger charge is 2.29. The number of halogens is 1. The Morgan fingerprint density at radius 2 is 2.20 bits per heavy atom. The SMILES string of the molecule is CC(O)CC1CCCN1C(=O)COc1ccc(Cl)cc1. The van der Waals surface area contributed by atoms with Gasteiger partial charge in [0.2, 0.25) is 0 Å². The van der Waals surface area contributed by atoms with Crippen molar-refractivity contribution < 1.29 is 14.6 Å². The van der Waals surface area contributed by atoms with Crippen LogP contribution in [-0.2, 0) is 4.79 Å². The van der Waals surface area contributed by atoms with Gasteiger partial charge in [0.15, 0.2) is 6.61 Å². The molecule has 20 heavy (non-hydrogen) atoms. The Morgan fingerprint density at radius 1 is 1.50 bits per heavy atom. The van der Waals surface area contributed by atoms with Gasteiger partial charge in [-0.1, -0.05) is 11.6 Å². The number of hydrogen-bond donors (Lipinski definition) is 1. The quantitative estimate of drug-likeness (QED) is 0.908. The summed E-state index contributed by atoms with van der Waals surface area (Å²) < 4.78 is 5.48. The first-order chi connectivity index (χ1) is 9.56. The van der Waals surface area contributed by atoms with E-state index >= 15 is 0 Å². The van der Waals surface area contributed by atoms with Crippen molar-refractivity contribution in [2.45, 2.75) is 38.3 Å². The Morgan fingerprint density at radius 3 is 2.85 bits per heavy atom. The van der Waals surface area contributed by atoms with Gasteiger partial charge in [0.1, 0.15) is 5.75 Å². The van der Waals surface area contributed by atoms with E-state index in [4.69, 9.17) is 16.3 Å². The van der Waals surface area contributed by atoms with E-state index in [1.807, 2.05) is 4.90 Å². The van der Waals surface area contributed by atoms with Crippen LogP contribution in [0.25, 0.3) is 0 Å². The van der Waals surface area contributed by atoms with Gasteiger partial charge in [-0.2, -0.15) is 0 Å². The van der Waals surface area contributed by atoms with Crippen molar-refractivity contribution in [2.75, 3.05) is 13.2 Å². The maximum Gasteiger partial charge on any atom is 0.260 e. The Kier molecular flexibility index (Phi) is 5.26. The molecule has 1 heterocycles. The normalized spacial score (nSPS) is 19.9. The summed E-state index contributed by atoms with van der Waals surface area (Å²) in [6, 6.07) is 7.08. The first-order valence-electron chi connectivity index (χ1n) is 6.92. The molecule has 2 unspecified atom stereocenters. The predicted octanol–water partition coefficient (Wildman–Crippen LogP) is 2.48. The fraction of sp³-hybridized carbons (Fsp3) is 0.533. The minimum Gasteiger partial charge on any atom is -0.484 e. The number of hydrogen-bond acceptors (Lipinski definition) is 3. The molecule has 0 spiro atoms. The van der Waals surface area contributed by atoms with Gasteiger partial charge >= 0.3 is 0 Å². The molecule has 0 aliphatic carbocycles. The van der Waals surface area contributed by atoms with Gasteiger partial charge in [0.05, 0.1) is 6.10 Å². The standard InChI is InChI=1S/C15H20ClNO3/c1-11(18)9-13-3-2-8-17(13)15(19)10-20-14-6-4-12(16)5-7-14/h4-7,11,13,18H,2-3,8-10H2,1H3. The minimum absolute atomic E-state index is 0.0249. The largest absolute Gasteiger partial charge is 0.484 e. The minimum atomic E-state index is -0.384. The molecule has 0 aromatic heterocycles. The average molecular weight is 298 g/mol. The molecule has 0 saturated carbocycles. The van der Waals surface area contributed by atoms with Gasteiger partial charge < -0.3 is 14.7 Å². The number of ether oxygens (including phenoxy) is 1. The first kappa shape index (κ1) is 15.1. The van der Waals surface area contributed by atoms with Crippen molar-refractivity contribution in [3.05, 3.63) is 29.3 Å². The van der Waals surface area contributed by atoms with E-state index in [1.165, 1.54) is 0 Å². The zero-order chi connectivity index (χ0) is 14.5. The summed E-state index contributed by atoms with van der Waals surface area (Å²) >= 11 is 5.79. The molecule has 0 bridgehead atoms. The van der Waals surface area contributed by atoms with E-state index in [9.17, 15) is 9.90 Å². The summed E-state index contributed by atoms with van der Waals surface area (Å²) in [6.07, 6.45) is 2.19. The number of rotatable bonds is 5. The van der Waals surface area contributed by atoms with Crippen LogP contribution in [0.5, 0.6) is 5.75 Å². The smallest absolute Gasteiger partial charge is 0.260 e. The van der Waals surface area contributed by atoms with Gasteiger partial charge in [-0.15, -0.1) is 0 Å². The predicted molar refractivity (Wildman–Crippen MR) is 78.0 cm³/mol. The van der Waals surface area contributed by atoms with Crippen LogP contribution in [-0.4, -0.2) is 41.2 Å². The first-order valence-corrected chi connectivity index (χ1v) is 7.30. The van der Waals surface area contributed by atoms with Crippen molar-refractivity contribution in [1.82, 2.24) is 4.90 Å². The van der Waals surface area contributed by atoms with Crippen molar-refractivity contribution in [3.63, 3.8) is 0 Å². The topological polar surface area (TPSA) is 49.8 Å². The summed E-state index contributed by atoms with van der Waals surface area (Å²) in [5.74, 6) is 0.608. The molecule has 1 saturated heterocycles. The molecule has 5 heteroatoms. The van der Waals surface area contributed by atoms with Gasteiger partial charge in [0.25, 0.3) is 5.91 Å². The van der Waals surface area contributed by atoms with Crippen LogP contribution in [0.2, 0.25) is 5.02 Å². The van der Waals surface area contributed by atoms with E-state index in [0.29, 0.717) is 17.2 Å².